The van der Waals surface area contributed by atoms with Gasteiger partial charge in [-0.15, -0.1) is 0 Å². The molecule has 1 fully saturated rings. The van der Waals surface area contributed by atoms with Crippen molar-refractivity contribution in [3.05, 3.63) is 77.3 Å². The highest BCUT2D eigenvalue weighted by Crippen LogP contribution is 2.34. The number of rotatable bonds is 4. The molecule has 3 heterocycles. The number of hydrogen-bond acceptors (Lipinski definition) is 6. The second kappa shape index (κ2) is 9.60. The second-order valence-electron chi connectivity index (χ2n) is 7.64. The Morgan fingerprint density at radius 3 is 2.61 bits per heavy atom. The zero-order valence-electron chi connectivity index (χ0n) is 18.2. The Balaban J connectivity index is 1.42. The van der Waals surface area contributed by atoms with Crippen LogP contribution in [0.2, 0.25) is 0 Å². The lowest BCUT2D eigenvalue weighted by atomic mass is 10.00. The van der Waals surface area contributed by atoms with Gasteiger partial charge < -0.3 is 14.4 Å². The number of nitrogens with zero attached hydrogens (tertiary/aromatic N) is 3. The van der Waals surface area contributed by atoms with E-state index < -0.39 is 0 Å². The number of ether oxygens (including phenoxy) is 2. The SMILES string of the molecule is COc1ccc(-c2cccc(/C=C3\SC(N4CCOCC4)=NC3=O)n2)cc1-c1ccccc1. The van der Waals surface area contributed by atoms with E-state index in [9.17, 15) is 4.79 Å². The quantitative estimate of drug-likeness (QED) is 0.528. The Bertz CT molecular complexity index is 1230. The number of amides is 1. The first-order chi connectivity index (χ1) is 16.2. The van der Waals surface area contributed by atoms with Gasteiger partial charge in [0.15, 0.2) is 5.17 Å². The zero-order chi connectivity index (χ0) is 22.6. The van der Waals surface area contributed by atoms with Gasteiger partial charge in [-0.3, -0.25) is 4.79 Å². The fourth-order valence-corrected chi connectivity index (χ4v) is 4.77. The van der Waals surface area contributed by atoms with E-state index in [0.29, 0.717) is 18.1 Å². The number of aliphatic imine (C=N–C) groups is 1. The normalized spacial score (nSPS) is 17.4. The number of aromatic nitrogens is 1. The van der Waals surface area contributed by atoms with Crippen molar-refractivity contribution in [2.45, 2.75) is 0 Å². The minimum absolute atomic E-state index is 0.218. The van der Waals surface area contributed by atoms with Gasteiger partial charge in [-0.2, -0.15) is 4.99 Å². The summed E-state index contributed by atoms with van der Waals surface area (Å²) < 4.78 is 11.0. The summed E-state index contributed by atoms with van der Waals surface area (Å²) in [6.07, 6.45) is 1.81. The number of methoxy groups -OCH3 is 1. The number of amidine groups is 1. The molecule has 2 aliphatic rings. The van der Waals surface area contributed by atoms with Gasteiger partial charge in [-0.1, -0.05) is 36.4 Å². The molecule has 0 radical (unpaired) electrons. The van der Waals surface area contributed by atoms with Gasteiger partial charge in [0.2, 0.25) is 0 Å². The fraction of sp³-hybridized carbons (Fsp3) is 0.192. The van der Waals surface area contributed by atoms with Crippen LogP contribution < -0.4 is 4.74 Å². The number of hydrogen-bond donors (Lipinski definition) is 0. The van der Waals surface area contributed by atoms with Crippen LogP contribution in [0.15, 0.2) is 76.6 Å². The maximum Gasteiger partial charge on any atom is 0.286 e. The van der Waals surface area contributed by atoms with Crippen molar-refractivity contribution in [3.8, 4) is 28.1 Å². The van der Waals surface area contributed by atoms with Crippen molar-refractivity contribution in [1.29, 1.82) is 0 Å². The van der Waals surface area contributed by atoms with Crippen molar-refractivity contribution >= 4 is 28.9 Å². The topological polar surface area (TPSA) is 64.0 Å². The van der Waals surface area contributed by atoms with Gasteiger partial charge in [-0.05, 0) is 53.7 Å². The van der Waals surface area contributed by atoms with Gasteiger partial charge in [0.25, 0.3) is 5.91 Å². The van der Waals surface area contributed by atoms with Crippen LogP contribution in [0.1, 0.15) is 5.69 Å². The zero-order valence-corrected chi connectivity index (χ0v) is 19.0. The van der Waals surface area contributed by atoms with Crippen LogP contribution in [0, 0.1) is 0 Å². The molecule has 1 saturated heterocycles. The van der Waals surface area contributed by atoms with Crippen LogP contribution in [0.4, 0.5) is 0 Å². The summed E-state index contributed by atoms with van der Waals surface area (Å²) in [5.41, 5.74) is 4.61. The van der Waals surface area contributed by atoms with Gasteiger partial charge in [0.05, 0.1) is 36.6 Å². The number of carbonyl (C=O) groups excluding carboxylic acids is 1. The Morgan fingerprint density at radius 1 is 1.00 bits per heavy atom. The summed E-state index contributed by atoms with van der Waals surface area (Å²) >= 11 is 1.40. The highest BCUT2D eigenvalue weighted by molar-refractivity contribution is 8.18. The second-order valence-corrected chi connectivity index (χ2v) is 8.65. The number of pyridine rings is 1. The van der Waals surface area contributed by atoms with Crippen molar-refractivity contribution in [3.63, 3.8) is 0 Å². The lowest BCUT2D eigenvalue weighted by Gasteiger charge is -2.27. The number of morpholine rings is 1. The fourth-order valence-electron chi connectivity index (χ4n) is 3.83. The van der Waals surface area contributed by atoms with Gasteiger partial charge in [-0.25, -0.2) is 4.98 Å². The monoisotopic (exact) mass is 457 g/mol. The molecule has 0 bridgehead atoms. The van der Waals surface area contributed by atoms with Crippen LogP contribution >= 0.6 is 11.8 Å². The van der Waals surface area contributed by atoms with Crippen LogP contribution in [-0.2, 0) is 9.53 Å². The van der Waals surface area contributed by atoms with Gasteiger partial charge in [0, 0.05) is 24.2 Å². The predicted molar refractivity (Wildman–Crippen MR) is 132 cm³/mol. The van der Waals surface area contributed by atoms with Crippen molar-refractivity contribution in [1.82, 2.24) is 9.88 Å². The van der Waals surface area contributed by atoms with E-state index in [1.165, 1.54) is 11.8 Å². The molecule has 0 N–H and O–H groups in total. The first kappa shape index (κ1) is 21.4. The molecule has 33 heavy (non-hydrogen) atoms. The summed E-state index contributed by atoms with van der Waals surface area (Å²) in [6, 6.07) is 22.0. The summed E-state index contributed by atoms with van der Waals surface area (Å²) in [5, 5.41) is 0.744. The summed E-state index contributed by atoms with van der Waals surface area (Å²) in [6.45, 7) is 2.81. The van der Waals surface area contributed by atoms with Crippen LogP contribution in [0.3, 0.4) is 0 Å². The third-order valence-corrected chi connectivity index (χ3v) is 6.56. The molecule has 0 atom stereocenters. The van der Waals surface area contributed by atoms with E-state index >= 15 is 0 Å². The molecule has 0 aliphatic carbocycles. The summed E-state index contributed by atoms with van der Waals surface area (Å²) in [7, 11) is 1.68. The molecule has 7 heteroatoms. The lowest BCUT2D eigenvalue weighted by Crippen LogP contribution is -2.38. The number of thioether (sulfide) groups is 1. The predicted octanol–water partition coefficient (Wildman–Crippen LogP) is 4.73. The van der Waals surface area contributed by atoms with Crippen molar-refractivity contribution < 1.29 is 14.3 Å². The number of carbonyl (C=O) groups is 1. The van der Waals surface area contributed by atoms with E-state index in [0.717, 1.165) is 52.1 Å². The molecule has 5 rings (SSSR count). The lowest BCUT2D eigenvalue weighted by molar-refractivity contribution is -0.113. The first-order valence-corrected chi connectivity index (χ1v) is 11.6. The van der Waals surface area contributed by atoms with Crippen LogP contribution in [-0.4, -0.2) is 54.4 Å². The Labute approximate surface area is 197 Å². The third-order valence-electron chi connectivity index (χ3n) is 5.52. The first-order valence-electron chi connectivity index (χ1n) is 10.8. The number of benzene rings is 2. The Morgan fingerprint density at radius 2 is 1.82 bits per heavy atom. The molecule has 1 aromatic heterocycles. The van der Waals surface area contributed by atoms with E-state index in [4.69, 9.17) is 14.5 Å². The maximum atomic E-state index is 12.5. The molecule has 1 amide bonds. The molecular formula is C26H23N3O3S. The van der Waals surface area contributed by atoms with Gasteiger partial charge >= 0.3 is 0 Å². The van der Waals surface area contributed by atoms with Crippen molar-refractivity contribution in [2.24, 2.45) is 4.99 Å². The molecule has 2 aliphatic heterocycles. The Hall–Kier alpha value is -3.42. The Kier molecular flexibility index (Phi) is 6.24. The molecule has 0 spiro atoms. The third kappa shape index (κ3) is 4.69. The smallest absolute Gasteiger partial charge is 0.286 e. The summed E-state index contributed by atoms with van der Waals surface area (Å²) in [5.74, 6) is 0.591. The van der Waals surface area contributed by atoms with E-state index in [1.54, 1.807) is 7.11 Å². The van der Waals surface area contributed by atoms with E-state index in [2.05, 4.69) is 28.1 Å². The molecule has 6 nitrogen and oxygen atoms in total. The molecule has 0 saturated carbocycles. The summed E-state index contributed by atoms with van der Waals surface area (Å²) in [4.78, 5) is 24.2. The molecule has 2 aromatic carbocycles. The maximum absolute atomic E-state index is 12.5. The molecule has 3 aromatic rings. The standard InChI is InChI=1S/C26H23N3O3S/c1-31-23-11-10-19(16-21(23)18-6-3-2-4-7-18)22-9-5-8-20(27-22)17-24-25(30)28-26(33-24)29-12-14-32-15-13-29/h2-11,16-17H,12-15H2,1H3/b24-17-. The van der Waals surface area contributed by atoms with Gasteiger partial charge in [0.1, 0.15) is 5.75 Å². The van der Waals surface area contributed by atoms with Crippen LogP contribution in [0.5, 0.6) is 5.75 Å². The highest BCUT2D eigenvalue weighted by Gasteiger charge is 2.27. The average Bonchev–Trinajstić information content (AvgIpc) is 3.25. The average molecular weight is 458 g/mol. The van der Waals surface area contributed by atoms with Crippen LogP contribution in [0.25, 0.3) is 28.5 Å². The molecular weight excluding hydrogens is 434 g/mol. The minimum atomic E-state index is -0.218. The molecule has 0 unspecified atom stereocenters. The molecule has 166 valence electrons. The largest absolute Gasteiger partial charge is 0.496 e. The van der Waals surface area contributed by atoms with E-state index in [-0.39, 0.29) is 5.91 Å². The minimum Gasteiger partial charge on any atom is -0.496 e. The van der Waals surface area contributed by atoms with E-state index in [1.807, 2.05) is 54.6 Å². The van der Waals surface area contributed by atoms with Crippen molar-refractivity contribution in [2.75, 3.05) is 33.4 Å². The highest BCUT2D eigenvalue weighted by atomic mass is 32.2.